The minimum atomic E-state index is -0.534. The van der Waals surface area contributed by atoms with Gasteiger partial charge in [0.05, 0.1) is 24.1 Å². The highest BCUT2D eigenvalue weighted by Crippen LogP contribution is 2.39. The van der Waals surface area contributed by atoms with Crippen LogP contribution in [0.4, 0.5) is 10.2 Å². The highest BCUT2D eigenvalue weighted by molar-refractivity contribution is 5.94. The summed E-state index contributed by atoms with van der Waals surface area (Å²) in [5.74, 6) is 0.287. The number of anilines is 1. The molecule has 8 heteroatoms. The number of carbonyl (C=O) groups is 2. The number of amides is 2. The van der Waals surface area contributed by atoms with Crippen LogP contribution in [0.1, 0.15) is 54.7 Å². The summed E-state index contributed by atoms with van der Waals surface area (Å²) in [6, 6.07) is 5.69. The zero-order valence-corrected chi connectivity index (χ0v) is 18.9. The summed E-state index contributed by atoms with van der Waals surface area (Å²) in [6.45, 7) is 3.66. The lowest BCUT2D eigenvalue weighted by Crippen LogP contribution is -2.50. The van der Waals surface area contributed by atoms with E-state index in [2.05, 4.69) is 4.98 Å². The van der Waals surface area contributed by atoms with Crippen molar-refractivity contribution >= 4 is 17.6 Å². The second-order valence-corrected chi connectivity index (χ2v) is 9.22. The third kappa shape index (κ3) is 4.31. The Hall–Kier alpha value is -3.03. The van der Waals surface area contributed by atoms with E-state index in [0.29, 0.717) is 38.0 Å². The average molecular weight is 440 g/mol. The topological polar surface area (TPSA) is 69.6 Å². The van der Waals surface area contributed by atoms with Crippen LogP contribution in [-0.2, 0) is 4.79 Å². The van der Waals surface area contributed by atoms with E-state index in [1.54, 1.807) is 29.4 Å². The summed E-state index contributed by atoms with van der Waals surface area (Å²) in [6.07, 6.45) is 6.45. The number of rotatable bonds is 4. The zero-order valence-electron chi connectivity index (χ0n) is 18.9. The first-order chi connectivity index (χ1) is 15.3. The van der Waals surface area contributed by atoms with Gasteiger partial charge in [-0.15, -0.1) is 0 Å². The fourth-order valence-corrected chi connectivity index (χ4v) is 4.63. The van der Waals surface area contributed by atoms with Crippen molar-refractivity contribution in [2.75, 3.05) is 38.6 Å². The second-order valence-electron chi connectivity index (χ2n) is 9.22. The number of nitrogens with zero attached hydrogens (tertiary/aromatic N) is 5. The number of halogens is 1. The molecule has 0 unspecified atom stereocenters. The molecular formula is C24H30FN5O2. The molecule has 4 rings (SSSR count). The Bertz CT molecular complexity index is 1000. The van der Waals surface area contributed by atoms with Crippen molar-refractivity contribution in [2.24, 2.45) is 5.41 Å². The van der Waals surface area contributed by atoms with Gasteiger partial charge in [0, 0.05) is 44.7 Å². The Morgan fingerprint density at radius 2 is 1.91 bits per heavy atom. The maximum Gasteiger partial charge on any atom is 0.253 e. The number of benzene rings is 1. The molecule has 0 saturated carbocycles. The van der Waals surface area contributed by atoms with E-state index in [1.165, 1.54) is 12.1 Å². The molecule has 0 bridgehead atoms. The molecule has 3 heterocycles. The van der Waals surface area contributed by atoms with Crippen molar-refractivity contribution in [1.82, 2.24) is 19.8 Å². The molecule has 2 aliphatic rings. The van der Waals surface area contributed by atoms with Gasteiger partial charge in [-0.2, -0.15) is 0 Å². The molecule has 0 aliphatic carbocycles. The second kappa shape index (κ2) is 8.84. The maximum atomic E-state index is 13.6. The lowest BCUT2D eigenvalue weighted by atomic mass is 9.78. The van der Waals surface area contributed by atoms with Gasteiger partial charge in [0.2, 0.25) is 5.91 Å². The number of hydrogen-bond donors (Lipinski definition) is 0. The van der Waals surface area contributed by atoms with Crippen LogP contribution in [0.3, 0.4) is 0 Å². The number of likely N-dealkylation sites (tertiary alicyclic amines) is 2. The molecule has 1 aromatic carbocycles. The standard InChI is InChI=1S/C24H30FN5O2/c1-24(9-12-29(13-10-24)22(31)17-6-4-7-18(25)14-17)23(32)30-11-5-8-20(30)19-15-26-16-21(27-19)28(2)3/h4,6-7,14-16,20H,5,8-13H2,1-3H3/t20-/m1/s1. The van der Waals surface area contributed by atoms with E-state index >= 15 is 0 Å². The third-order valence-corrected chi connectivity index (χ3v) is 6.70. The van der Waals surface area contributed by atoms with Crippen LogP contribution < -0.4 is 4.90 Å². The van der Waals surface area contributed by atoms with Crippen molar-refractivity contribution in [3.63, 3.8) is 0 Å². The largest absolute Gasteiger partial charge is 0.361 e. The number of piperidine rings is 1. The summed E-state index contributed by atoms with van der Waals surface area (Å²) < 4.78 is 13.5. The number of aromatic nitrogens is 2. The first kappa shape index (κ1) is 22.2. The summed E-state index contributed by atoms with van der Waals surface area (Å²) >= 11 is 0. The first-order valence-electron chi connectivity index (χ1n) is 11.1. The molecule has 2 aromatic rings. The van der Waals surface area contributed by atoms with E-state index in [0.717, 1.165) is 24.4 Å². The summed E-state index contributed by atoms with van der Waals surface area (Å²) in [5.41, 5.74) is 0.636. The van der Waals surface area contributed by atoms with Crippen LogP contribution in [-0.4, -0.2) is 65.3 Å². The lowest BCUT2D eigenvalue weighted by molar-refractivity contribution is -0.144. The van der Waals surface area contributed by atoms with Crippen molar-refractivity contribution < 1.29 is 14.0 Å². The van der Waals surface area contributed by atoms with Gasteiger partial charge in [0.15, 0.2) is 0 Å². The van der Waals surface area contributed by atoms with Gasteiger partial charge in [-0.1, -0.05) is 13.0 Å². The lowest BCUT2D eigenvalue weighted by Gasteiger charge is -2.41. The molecule has 2 saturated heterocycles. The van der Waals surface area contributed by atoms with Gasteiger partial charge in [-0.05, 0) is 43.9 Å². The van der Waals surface area contributed by atoms with Gasteiger partial charge < -0.3 is 14.7 Å². The molecule has 2 amide bonds. The number of carbonyl (C=O) groups excluding carboxylic acids is 2. The van der Waals surface area contributed by atoms with E-state index in [1.807, 2.05) is 30.8 Å². The Balaban J connectivity index is 1.45. The summed E-state index contributed by atoms with van der Waals surface area (Å²) in [4.78, 5) is 41.0. The van der Waals surface area contributed by atoms with Crippen LogP contribution in [0.25, 0.3) is 0 Å². The van der Waals surface area contributed by atoms with E-state index in [9.17, 15) is 14.0 Å². The van der Waals surface area contributed by atoms with Crippen LogP contribution in [0, 0.1) is 11.2 Å². The predicted molar refractivity (Wildman–Crippen MR) is 120 cm³/mol. The predicted octanol–water partition coefficient (Wildman–Crippen LogP) is 3.29. The summed E-state index contributed by atoms with van der Waals surface area (Å²) in [7, 11) is 3.84. The maximum absolute atomic E-state index is 13.6. The van der Waals surface area contributed by atoms with E-state index < -0.39 is 11.2 Å². The van der Waals surface area contributed by atoms with E-state index in [-0.39, 0.29) is 17.9 Å². The van der Waals surface area contributed by atoms with Crippen molar-refractivity contribution in [2.45, 2.75) is 38.6 Å². The molecular weight excluding hydrogens is 409 g/mol. The van der Waals surface area contributed by atoms with Crippen LogP contribution in [0.2, 0.25) is 0 Å². The minimum absolute atomic E-state index is 0.0707. The SMILES string of the molecule is CN(C)c1cncc([C@H]2CCCN2C(=O)C2(C)CCN(C(=O)c3cccc(F)c3)CC2)n1. The van der Waals surface area contributed by atoms with Gasteiger partial charge >= 0.3 is 0 Å². The molecule has 170 valence electrons. The zero-order chi connectivity index (χ0) is 22.9. The van der Waals surface area contributed by atoms with E-state index in [4.69, 9.17) is 4.98 Å². The normalized spacial score (nSPS) is 20.3. The molecule has 32 heavy (non-hydrogen) atoms. The Kier molecular flexibility index (Phi) is 6.13. The third-order valence-electron chi connectivity index (χ3n) is 6.70. The van der Waals surface area contributed by atoms with Gasteiger partial charge in [0.25, 0.3) is 5.91 Å². The molecule has 2 aliphatic heterocycles. The molecule has 0 spiro atoms. The molecule has 0 N–H and O–H groups in total. The fraction of sp³-hybridized carbons (Fsp3) is 0.500. The monoisotopic (exact) mass is 439 g/mol. The Morgan fingerprint density at radius 1 is 1.16 bits per heavy atom. The Morgan fingerprint density at radius 3 is 2.59 bits per heavy atom. The van der Waals surface area contributed by atoms with Crippen LogP contribution >= 0.6 is 0 Å². The highest BCUT2D eigenvalue weighted by atomic mass is 19.1. The Labute approximate surface area is 188 Å². The molecule has 1 atom stereocenters. The average Bonchev–Trinajstić information content (AvgIpc) is 3.28. The fourth-order valence-electron chi connectivity index (χ4n) is 4.63. The highest BCUT2D eigenvalue weighted by Gasteiger charge is 2.44. The quantitative estimate of drug-likeness (QED) is 0.731. The van der Waals surface area contributed by atoms with Gasteiger partial charge in [-0.3, -0.25) is 14.6 Å². The van der Waals surface area contributed by atoms with Crippen LogP contribution in [0.5, 0.6) is 0 Å². The minimum Gasteiger partial charge on any atom is -0.361 e. The molecule has 7 nitrogen and oxygen atoms in total. The molecule has 2 fully saturated rings. The number of hydrogen-bond acceptors (Lipinski definition) is 5. The smallest absolute Gasteiger partial charge is 0.253 e. The van der Waals surface area contributed by atoms with Gasteiger partial charge in [-0.25, -0.2) is 9.37 Å². The van der Waals surface area contributed by atoms with Crippen LogP contribution in [0.15, 0.2) is 36.7 Å². The summed E-state index contributed by atoms with van der Waals surface area (Å²) in [5, 5.41) is 0. The van der Waals surface area contributed by atoms with Crippen molar-refractivity contribution in [3.8, 4) is 0 Å². The molecule has 0 radical (unpaired) electrons. The van der Waals surface area contributed by atoms with Gasteiger partial charge in [0.1, 0.15) is 11.6 Å². The first-order valence-corrected chi connectivity index (χ1v) is 11.1. The van der Waals surface area contributed by atoms with Crippen molar-refractivity contribution in [1.29, 1.82) is 0 Å². The van der Waals surface area contributed by atoms with Crippen molar-refractivity contribution in [3.05, 3.63) is 53.7 Å². The molecule has 1 aromatic heterocycles.